The van der Waals surface area contributed by atoms with E-state index in [9.17, 15) is 0 Å². The van der Waals surface area contributed by atoms with Crippen molar-refractivity contribution in [1.29, 1.82) is 10.7 Å². The van der Waals surface area contributed by atoms with E-state index in [0.717, 1.165) is 10.6 Å². The summed E-state index contributed by atoms with van der Waals surface area (Å²) in [7, 11) is 0. The van der Waals surface area contributed by atoms with Crippen LogP contribution in [0.4, 0.5) is 5.69 Å². The number of amidine groups is 1. The van der Waals surface area contributed by atoms with E-state index in [-0.39, 0.29) is 11.4 Å². The van der Waals surface area contributed by atoms with Gasteiger partial charge >= 0.3 is 0 Å². The van der Waals surface area contributed by atoms with Gasteiger partial charge in [-0.1, -0.05) is 23.9 Å². The van der Waals surface area contributed by atoms with Gasteiger partial charge in [0.05, 0.1) is 10.7 Å². The predicted molar refractivity (Wildman–Crippen MR) is 60.5 cm³/mol. The first-order valence-electron chi connectivity index (χ1n) is 4.25. The Morgan fingerprint density at radius 3 is 2.80 bits per heavy atom. The summed E-state index contributed by atoms with van der Waals surface area (Å²) in [5, 5.41) is 19.8. The van der Waals surface area contributed by atoms with E-state index < -0.39 is 0 Å². The molecule has 0 spiro atoms. The number of hydrogen-bond acceptors (Lipinski definition) is 4. The molecule has 0 atom stereocenters. The lowest BCUT2D eigenvalue weighted by Gasteiger charge is -2.00. The van der Waals surface area contributed by atoms with Crippen LogP contribution in [0.25, 0.3) is 0 Å². The zero-order valence-corrected chi connectivity index (χ0v) is 8.56. The molecule has 1 aliphatic heterocycles. The van der Waals surface area contributed by atoms with Gasteiger partial charge in [0.15, 0.2) is 0 Å². The van der Waals surface area contributed by atoms with Crippen LogP contribution in [0.3, 0.4) is 0 Å². The highest BCUT2D eigenvalue weighted by molar-refractivity contribution is 8.03. The van der Waals surface area contributed by atoms with Gasteiger partial charge in [-0.05, 0) is 12.1 Å². The fraction of sp³-hybridized carbons (Fsp3) is 0. The van der Waals surface area contributed by atoms with Crippen molar-refractivity contribution in [3.8, 4) is 6.07 Å². The Bertz CT molecular complexity index is 471. The number of anilines is 1. The fourth-order valence-electron chi connectivity index (χ4n) is 1.26. The maximum atomic E-state index is 8.85. The molecule has 0 amide bonds. The molecular formula is C10H8N4S. The maximum absolute atomic E-state index is 8.85. The quantitative estimate of drug-likeness (QED) is 0.380. The Kier molecular flexibility index (Phi) is 2.35. The third-order valence-corrected chi connectivity index (χ3v) is 3.04. The minimum Gasteiger partial charge on any atom is -0.383 e. The van der Waals surface area contributed by atoms with Crippen LogP contribution in [-0.2, 0) is 0 Å². The topological polar surface area (TPSA) is 85.7 Å². The minimum absolute atomic E-state index is 0.191. The average Bonchev–Trinajstić information content (AvgIpc) is 2.61. The number of rotatable bonds is 1. The summed E-state index contributed by atoms with van der Waals surface area (Å²) in [5.74, 6) is -0.208. The number of fused-ring (bicyclic) bond motifs is 1. The van der Waals surface area contributed by atoms with Crippen molar-refractivity contribution in [2.24, 2.45) is 5.73 Å². The highest BCUT2D eigenvalue weighted by Crippen LogP contribution is 2.41. The monoisotopic (exact) mass is 216 g/mol. The molecule has 2 rings (SSSR count). The number of nitriles is 1. The molecule has 15 heavy (non-hydrogen) atoms. The lowest BCUT2D eigenvalue weighted by molar-refractivity contribution is 1.40. The molecule has 0 saturated carbocycles. The van der Waals surface area contributed by atoms with Crippen molar-refractivity contribution in [2.75, 3.05) is 5.32 Å². The Morgan fingerprint density at radius 1 is 1.47 bits per heavy atom. The first-order chi connectivity index (χ1) is 7.22. The fourth-order valence-corrected chi connectivity index (χ4v) is 2.28. The molecule has 4 N–H and O–H groups in total. The summed E-state index contributed by atoms with van der Waals surface area (Å²) in [5.41, 5.74) is 6.45. The summed E-state index contributed by atoms with van der Waals surface area (Å²) < 4.78 is 0. The van der Waals surface area contributed by atoms with E-state index in [4.69, 9.17) is 16.4 Å². The van der Waals surface area contributed by atoms with E-state index in [0.29, 0.717) is 5.03 Å². The van der Waals surface area contributed by atoms with Crippen molar-refractivity contribution in [3.05, 3.63) is 34.9 Å². The number of hydrogen-bond donors (Lipinski definition) is 3. The Balaban J connectivity index is 2.42. The van der Waals surface area contributed by atoms with E-state index in [1.54, 1.807) is 0 Å². The van der Waals surface area contributed by atoms with Gasteiger partial charge in [0.25, 0.3) is 0 Å². The Morgan fingerprint density at radius 2 is 2.20 bits per heavy atom. The molecule has 0 bridgehead atoms. The zero-order valence-electron chi connectivity index (χ0n) is 7.74. The van der Waals surface area contributed by atoms with Crippen molar-refractivity contribution in [2.45, 2.75) is 4.90 Å². The van der Waals surface area contributed by atoms with Crippen molar-refractivity contribution < 1.29 is 0 Å². The van der Waals surface area contributed by atoms with Crippen LogP contribution in [0.1, 0.15) is 0 Å². The minimum atomic E-state index is -0.208. The molecular weight excluding hydrogens is 208 g/mol. The highest BCUT2D eigenvalue weighted by Gasteiger charge is 2.19. The van der Waals surface area contributed by atoms with Crippen molar-refractivity contribution in [1.82, 2.24) is 0 Å². The van der Waals surface area contributed by atoms with Gasteiger partial charge in [-0.2, -0.15) is 5.26 Å². The zero-order chi connectivity index (χ0) is 10.8. The van der Waals surface area contributed by atoms with Gasteiger partial charge in [-0.25, -0.2) is 0 Å². The van der Waals surface area contributed by atoms with E-state index in [1.165, 1.54) is 11.8 Å². The molecule has 1 aromatic rings. The Labute approximate surface area is 91.3 Å². The van der Waals surface area contributed by atoms with Gasteiger partial charge in [-0.3, -0.25) is 5.41 Å². The molecule has 1 heterocycles. The number of nitrogens with zero attached hydrogens (tertiary/aromatic N) is 1. The molecule has 1 aromatic carbocycles. The number of nitrogens with two attached hydrogens (primary N) is 1. The van der Waals surface area contributed by atoms with E-state index in [2.05, 4.69) is 5.32 Å². The predicted octanol–water partition coefficient (Wildman–Crippen LogP) is 1.88. The van der Waals surface area contributed by atoms with E-state index in [1.807, 2.05) is 30.3 Å². The lowest BCUT2D eigenvalue weighted by Crippen LogP contribution is -2.14. The second-order valence-corrected chi connectivity index (χ2v) is 4.01. The SMILES string of the molecule is N#CC(C(=N)N)=C1Nc2ccccc2S1. The lowest BCUT2D eigenvalue weighted by atomic mass is 10.3. The van der Waals surface area contributed by atoms with Crippen LogP contribution in [0.2, 0.25) is 0 Å². The molecule has 0 radical (unpaired) electrons. The van der Waals surface area contributed by atoms with Crippen LogP contribution < -0.4 is 11.1 Å². The van der Waals surface area contributed by atoms with Gasteiger partial charge in [0, 0.05) is 4.90 Å². The third kappa shape index (κ3) is 1.67. The number of para-hydroxylation sites is 1. The average molecular weight is 216 g/mol. The largest absolute Gasteiger partial charge is 0.383 e. The van der Waals surface area contributed by atoms with Gasteiger partial charge < -0.3 is 11.1 Å². The number of nitrogens with one attached hydrogen (secondary N) is 2. The molecule has 0 unspecified atom stereocenters. The number of benzene rings is 1. The van der Waals surface area contributed by atoms with Crippen molar-refractivity contribution in [3.63, 3.8) is 0 Å². The molecule has 4 nitrogen and oxygen atoms in total. The van der Waals surface area contributed by atoms with E-state index >= 15 is 0 Å². The highest BCUT2D eigenvalue weighted by atomic mass is 32.2. The van der Waals surface area contributed by atoms with Crippen molar-refractivity contribution >= 4 is 23.3 Å². The molecule has 0 aliphatic carbocycles. The summed E-state index contributed by atoms with van der Waals surface area (Å²) in [6, 6.07) is 9.64. The smallest absolute Gasteiger partial charge is 0.136 e. The summed E-state index contributed by atoms with van der Waals surface area (Å²) in [6.07, 6.45) is 0. The van der Waals surface area contributed by atoms with Gasteiger partial charge in [-0.15, -0.1) is 0 Å². The second-order valence-electron chi connectivity index (χ2n) is 2.95. The molecule has 74 valence electrons. The van der Waals surface area contributed by atoms with Crippen LogP contribution >= 0.6 is 11.8 Å². The number of thioether (sulfide) groups is 1. The van der Waals surface area contributed by atoms with Crippen LogP contribution in [0.5, 0.6) is 0 Å². The first kappa shape index (κ1) is 9.62. The molecule has 1 aliphatic rings. The summed E-state index contributed by atoms with van der Waals surface area (Å²) in [4.78, 5) is 1.04. The van der Waals surface area contributed by atoms with Crippen LogP contribution in [-0.4, -0.2) is 5.84 Å². The third-order valence-electron chi connectivity index (χ3n) is 1.96. The first-order valence-corrected chi connectivity index (χ1v) is 5.06. The molecule has 0 saturated heterocycles. The Hall–Kier alpha value is -1.93. The second kappa shape index (κ2) is 3.67. The van der Waals surface area contributed by atoms with Gasteiger partial charge in [0.1, 0.15) is 17.5 Å². The summed E-state index contributed by atoms with van der Waals surface area (Å²) in [6.45, 7) is 0. The normalized spacial score (nSPS) is 16.2. The van der Waals surface area contributed by atoms with Crippen LogP contribution in [0.15, 0.2) is 39.8 Å². The molecule has 0 fully saturated rings. The summed E-state index contributed by atoms with van der Waals surface area (Å²) >= 11 is 1.42. The standard InChI is InChI=1S/C10H8N4S/c11-5-6(9(12)13)10-14-7-3-1-2-4-8(7)15-10/h1-4,14H,(H3,12,13). The molecule has 0 aromatic heterocycles. The molecule has 5 heteroatoms. The van der Waals surface area contributed by atoms with Gasteiger partial charge in [0.2, 0.25) is 0 Å². The maximum Gasteiger partial charge on any atom is 0.136 e. The van der Waals surface area contributed by atoms with Crippen LogP contribution in [0, 0.1) is 16.7 Å².